The SMILES string of the molecule is Cn1c(C2C(C3CC3)CCN2C(=O)Cc2noc3ccc(F)cc23)n[nH]c1=O. The van der Waals surface area contributed by atoms with E-state index in [2.05, 4.69) is 15.4 Å². The minimum Gasteiger partial charge on any atom is -0.356 e. The highest BCUT2D eigenvalue weighted by molar-refractivity contribution is 5.86. The van der Waals surface area contributed by atoms with E-state index in [1.54, 1.807) is 11.9 Å². The van der Waals surface area contributed by atoms with Crippen molar-refractivity contribution in [2.24, 2.45) is 18.9 Å². The second kappa shape index (κ2) is 6.29. The van der Waals surface area contributed by atoms with Crippen LogP contribution in [0, 0.1) is 17.7 Å². The molecule has 2 aliphatic rings. The first kappa shape index (κ1) is 17.2. The number of fused-ring (bicyclic) bond motifs is 1. The number of rotatable bonds is 4. The summed E-state index contributed by atoms with van der Waals surface area (Å²) in [4.78, 5) is 26.8. The summed E-state index contributed by atoms with van der Waals surface area (Å²) >= 11 is 0. The minimum atomic E-state index is -0.399. The van der Waals surface area contributed by atoms with Crippen LogP contribution in [0.4, 0.5) is 4.39 Å². The molecule has 9 heteroatoms. The van der Waals surface area contributed by atoms with E-state index in [1.165, 1.54) is 22.8 Å². The molecule has 8 nitrogen and oxygen atoms in total. The van der Waals surface area contributed by atoms with Crippen molar-refractivity contribution in [1.82, 2.24) is 24.8 Å². The van der Waals surface area contributed by atoms with E-state index >= 15 is 0 Å². The smallest absolute Gasteiger partial charge is 0.343 e. The lowest BCUT2D eigenvalue weighted by Crippen LogP contribution is -2.35. The Morgan fingerprint density at radius 1 is 1.36 bits per heavy atom. The van der Waals surface area contributed by atoms with Crippen molar-refractivity contribution < 1.29 is 13.7 Å². The molecular formula is C19H20FN5O3. The quantitative estimate of drug-likeness (QED) is 0.740. The van der Waals surface area contributed by atoms with Crippen LogP contribution in [0.3, 0.4) is 0 Å². The average molecular weight is 385 g/mol. The Morgan fingerprint density at radius 3 is 2.89 bits per heavy atom. The van der Waals surface area contributed by atoms with Gasteiger partial charge in [-0.2, -0.15) is 5.10 Å². The van der Waals surface area contributed by atoms with Gasteiger partial charge < -0.3 is 9.42 Å². The number of nitrogens with one attached hydrogen (secondary N) is 1. The summed E-state index contributed by atoms with van der Waals surface area (Å²) in [6.45, 7) is 0.607. The molecule has 1 aromatic carbocycles. The molecule has 1 N–H and O–H groups in total. The van der Waals surface area contributed by atoms with Gasteiger partial charge in [-0.25, -0.2) is 14.3 Å². The summed E-state index contributed by atoms with van der Waals surface area (Å²) in [7, 11) is 1.67. The third-order valence-electron chi connectivity index (χ3n) is 6.00. The Hall–Kier alpha value is -2.97. The molecule has 1 aliphatic carbocycles. The molecule has 2 atom stereocenters. The number of hydrogen-bond acceptors (Lipinski definition) is 5. The molecule has 1 saturated heterocycles. The summed E-state index contributed by atoms with van der Waals surface area (Å²) in [5, 5.41) is 11.2. The van der Waals surface area contributed by atoms with E-state index in [1.807, 2.05) is 0 Å². The minimum absolute atomic E-state index is 0.0166. The van der Waals surface area contributed by atoms with Gasteiger partial charge in [-0.1, -0.05) is 5.16 Å². The number of H-pyrrole nitrogens is 1. The van der Waals surface area contributed by atoms with Crippen LogP contribution < -0.4 is 5.69 Å². The number of halogens is 1. The lowest BCUT2D eigenvalue weighted by molar-refractivity contribution is -0.132. The predicted octanol–water partition coefficient (Wildman–Crippen LogP) is 1.93. The molecular weight excluding hydrogens is 365 g/mol. The van der Waals surface area contributed by atoms with E-state index < -0.39 is 5.82 Å². The van der Waals surface area contributed by atoms with Crippen molar-refractivity contribution in [3.8, 4) is 0 Å². The Kier molecular flexibility index (Phi) is 3.85. The fraction of sp³-hybridized carbons (Fsp3) is 0.474. The number of aromatic nitrogens is 4. The van der Waals surface area contributed by atoms with Crippen LogP contribution in [0.2, 0.25) is 0 Å². The van der Waals surface area contributed by atoms with E-state index in [0.717, 1.165) is 19.3 Å². The van der Waals surface area contributed by atoms with Crippen LogP contribution in [0.25, 0.3) is 11.0 Å². The molecule has 2 unspecified atom stereocenters. The maximum Gasteiger partial charge on any atom is 0.343 e. The molecule has 0 spiro atoms. The number of hydrogen-bond donors (Lipinski definition) is 1. The van der Waals surface area contributed by atoms with Crippen molar-refractivity contribution in [1.29, 1.82) is 0 Å². The van der Waals surface area contributed by atoms with Crippen molar-refractivity contribution in [3.05, 3.63) is 46.0 Å². The zero-order chi connectivity index (χ0) is 19.4. The normalized spacial score (nSPS) is 22.3. The molecule has 146 valence electrons. The largest absolute Gasteiger partial charge is 0.356 e. The van der Waals surface area contributed by atoms with Crippen LogP contribution in [0.1, 0.15) is 36.8 Å². The number of aromatic amines is 1. The standard InChI is InChI=1S/C19H20FN5O3/c1-24-18(21-22-19(24)27)17-12(10-2-3-10)6-7-25(17)16(26)9-14-13-8-11(20)4-5-15(13)28-23-14/h4-5,8,10,12,17H,2-3,6-7,9H2,1H3,(H,22,27). The van der Waals surface area contributed by atoms with Crippen LogP contribution in [0.5, 0.6) is 0 Å². The summed E-state index contributed by atoms with van der Waals surface area (Å²) in [6.07, 6.45) is 3.20. The highest BCUT2D eigenvalue weighted by atomic mass is 19.1. The number of benzene rings is 1. The van der Waals surface area contributed by atoms with Gasteiger partial charge in [0.15, 0.2) is 11.4 Å². The Labute approximate surface area is 159 Å². The third kappa shape index (κ3) is 2.73. The van der Waals surface area contributed by atoms with Crippen molar-refractivity contribution in [2.45, 2.75) is 31.7 Å². The summed E-state index contributed by atoms with van der Waals surface area (Å²) in [5.74, 6) is 0.927. The maximum absolute atomic E-state index is 13.6. The Morgan fingerprint density at radius 2 is 2.18 bits per heavy atom. The number of carbonyl (C=O) groups excluding carboxylic acids is 1. The van der Waals surface area contributed by atoms with Crippen LogP contribution in [-0.4, -0.2) is 37.3 Å². The average Bonchev–Trinajstić information content (AvgIpc) is 3.19. The number of nitrogens with zero attached hydrogens (tertiary/aromatic N) is 4. The monoisotopic (exact) mass is 385 g/mol. The molecule has 0 bridgehead atoms. The van der Waals surface area contributed by atoms with Crippen molar-refractivity contribution >= 4 is 16.9 Å². The maximum atomic E-state index is 13.6. The van der Waals surface area contributed by atoms with Gasteiger partial charge in [-0.3, -0.25) is 9.36 Å². The lowest BCUT2D eigenvalue weighted by Gasteiger charge is -2.27. The first-order valence-corrected chi connectivity index (χ1v) is 9.47. The zero-order valence-corrected chi connectivity index (χ0v) is 15.4. The third-order valence-corrected chi connectivity index (χ3v) is 6.00. The predicted molar refractivity (Wildman–Crippen MR) is 96.8 cm³/mol. The van der Waals surface area contributed by atoms with Crippen LogP contribution >= 0.6 is 0 Å². The Bertz CT molecular complexity index is 1110. The van der Waals surface area contributed by atoms with Gasteiger partial charge in [0.2, 0.25) is 5.91 Å². The van der Waals surface area contributed by atoms with E-state index in [-0.39, 0.29) is 24.1 Å². The van der Waals surface area contributed by atoms with Gasteiger partial charge in [-0.15, -0.1) is 0 Å². The molecule has 28 heavy (non-hydrogen) atoms. The molecule has 3 aromatic rings. The summed E-state index contributed by atoms with van der Waals surface area (Å²) in [5.41, 5.74) is 0.582. The molecule has 2 aromatic heterocycles. The van der Waals surface area contributed by atoms with Gasteiger partial charge in [0.05, 0.1) is 12.5 Å². The van der Waals surface area contributed by atoms with Gasteiger partial charge in [-0.05, 0) is 49.3 Å². The van der Waals surface area contributed by atoms with Crippen molar-refractivity contribution in [3.63, 3.8) is 0 Å². The van der Waals surface area contributed by atoms with Gasteiger partial charge in [0, 0.05) is 19.0 Å². The molecule has 3 heterocycles. The highest BCUT2D eigenvalue weighted by Gasteiger charge is 2.47. The van der Waals surface area contributed by atoms with Crippen LogP contribution in [-0.2, 0) is 18.3 Å². The highest BCUT2D eigenvalue weighted by Crippen LogP contribution is 2.50. The molecule has 1 amide bonds. The van der Waals surface area contributed by atoms with Crippen LogP contribution in [0.15, 0.2) is 27.5 Å². The van der Waals surface area contributed by atoms with Gasteiger partial charge in [0.25, 0.3) is 0 Å². The Balaban J connectivity index is 1.46. The lowest BCUT2D eigenvalue weighted by atomic mass is 9.94. The first-order chi connectivity index (χ1) is 13.5. The van der Waals surface area contributed by atoms with E-state index in [0.29, 0.717) is 40.9 Å². The molecule has 0 radical (unpaired) electrons. The molecule has 1 saturated carbocycles. The fourth-order valence-corrected chi connectivity index (χ4v) is 4.40. The number of amides is 1. The van der Waals surface area contributed by atoms with Gasteiger partial charge in [0.1, 0.15) is 11.5 Å². The topological polar surface area (TPSA) is 97.0 Å². The fourth-order valence-electron chi connectivity index (χ4n) is 4.40. The van der Waals surface area contributed by atoms with Crippen molar-refractivity contribution in [2.75, 3.05) is 6.54 Å². The van der Waals surface area contributed by atoms with Gasteiger partial charge >= 0.3 is 5.69 Å². The zero-order valence-electron chi connectivity index (χ0n) is 15.4. The molecule has 2 fully saturated rings. The molecule has 1 aliphatic heterocycles. The summed E-state index contributed by atoms with van der Waals surface area (Å²) in [6, 6.07) is 3.90. The summed E-state index contributed by atoms with van der Waals surface area (Å²) < 4.78 is 20.3. The van der Waals surface area contributed by atoms with E-state index in [4.69, 9.17) is 4.52 Å². The first-order valence-electron chi connectivity index (χ1n) is 9.47. The second-order valence-electron chi connectivity index (χ2n) is 7.71. The van der Waals surface area contributed by atoms with E-state index in [9.17, 15) is 14.0 Å². The number of likely N-dealkylation sites (tertiary alicyclic amines) is 1. The molecule has 5 rings (SSSR count). The second-order valence-corrected chi connectivity index (χ2v) is 7.71. The number of carbonyl (C=O) groups is 1.